The Hall–Kier alpha value is -12.9. The van der Waals surface area contributed by atoms with Crippen molar-refractivity contribution in [3.63, 3.8) is 0 Å². The number of hydrogen-bond donors (Lipinski definition) is 8. The number of fused-ring (bicyclic) bond motifs is 4. The van der Waals surface area contributed by atoms with Gasteiger partial charge in [-0.15, -0.1) is 0 Å². The topological polar surface area (TPSA) is 364 Å². The van der Waals surface area contributed by atoms with Gasteiger partial charge in [-0.05, 0) is 119 Å². The molecule has 4 atom stereocenters. The number of nitrogens with zero attached hydrogens (tertiary/aromatic N) is 8. The second-order valence-electron chi connectivity index (χ2n) is 33.7. The Morgan fingerprint density at radius 1 is 0.295 bits per heavy atom. The van der Waals surface area contributed by atoms with Gasteiger partial charge in [-0.1, -0.05) is 121 Å². The predicted octanol–water partition coefficient (Wildman–Crippen LogP) is 7.57. The van der Waals surface area contributed by atoms with Crippen LogP contribution in [0.5, 0.6) is 0 Å². The van der Waals surface area contributed by atoms with Crippen LogP contribution in [0.15, 0.2) is 170 Å². The lowest BCUT2D eigenvalue weighted by Gasteiger charge is -2.29. The molecule has 4 unspecified atom stereocenters. The van der Waals surface area contributed by atoms with E-state index in [0.29, 0.717) is 110 Å². The number of hydrogen-bond acceptors (Lipinski definition) is 24. The number of ether oxygens (including phenoxy) is 4. The highest BCUT2D eigenvalue weighted by Gasteiger charge is 2.45. The summed E-state index contributed by atoms with van der Waals surface area (Å²) in [5.74, 6) is -8.92. The number of morpholine rings is 4. The standard InChI is InChI=1S/4C25H28N4O4/c4*30-23-9-8-22(24(31)27-23)29-16-20-19(25(29)32)6-3-7-21(20)26-14-17-4-1-2-5-18(17)15-28-10-12-33-13-11-28/h4*1-7,22,26H,8-16H2,(H,27,30,31)/i8D2,9D2,22D;8D2,9D2;22D;. The van der Waals surface area contributed by atoms with E-state index in [4.69, 9.17) is 32.7 Å². The SMILES string of the molecule is O=C1CCC(N2Cc3c(NCc4ccccc4CN4CCOCC4)cccc3C2=O)C(=O)N1.[2H]C1(N2Cc3c(NCc4ccccc4CN4CCOCC4)cccc3C2=O)CCC(=O)NC1=O.[2H]C1([2H])C(=O)NC(=O)C(N2Cc3c(NCc4ccccc4CN4CCOCC4)cccc3C2=O)C1([2H])[2H].[2H]C1([2H])C(=O)NC(=O)C([2H])(N2Cc3c(NCc4ccccc4CN4CCOCC4)cccc3C2=O)C1([2H])[2H]. The van der Waals surface area contributed by atoms with Gasteiger partial charge in [-0.2, -0.15) is 0 Å². The van der Waals surface area contributed by atoms with E-state index in [1.165, 1.54) is 38.8 Å². The van der Waals surface area contributed by atoms with E-state index in [1.54, 1.807) is 46.6 Å². The molecule has 12 heterocycles. The molecule has 8 saturated heterocycles. The van der Waals surface area contributed by atoms with Crippen LogP contribution >= 0.6 is 0 Å². The van der Waals surface area contributed by atoms with Gasteiger partial charge in [0.05, 0.1) is 55.6 Å². The van der Waals surface area contributed by atoms with Crippen LogP contribution in [-0.2, 0) is 136 Å². The summed E-state index contributed by atoms with van der Waals surface area (Å²) in [4.78, 5) is 164. The van der Waals surface area contributed by atoms with Crippen molar-refractivity contribution in [1.29, 1.82) is 0 Å². The number of benzene rings is 8. The summed E-state index contributed by atoms with van der Waals surface area (Å²) in [7, 11) is 0. The average Bonchev–Trinajstić information content (AvgIpc) is 1.33. The highest BCUT2D eigenvalue weighted by Crippen LogP contribution is 2.39. The van der Waals surface area contributed by atoms with Gasteiger partial charge in [0.15, 0.2) is 0 Å². The van der Waals surface area contributed by atoms with Crippen molar-refractivity contribution in [2.24, 2.45) is 0 Å². The Kier molecular flexibility index (Phi) is 25.4. The summed E-state index contributed by atoms with van der Waals surface area (Å²) in [6.45, 7) is 18.6. The fourth-order valence-electron chi connectivity index (χ4n) is 18.2. The van der Waals surface area contributed by atoms with E-state index in [0.717, 1.165) is 149 Å². The molecular weight excluding hydrogens is 1680 g/mol. The van der Waals surface area contributed by atoms with Crippen LogP contribution in [-0.4, -0.2) is 239 Å². The van der Waals surface area contributed by atoms with Crippen LogP contribution in [0.2, 0.25) is 0 Å². The van der Waals surface area contributed by atoms with Gasteiger partial charge in [0.2, 0.25) is 47.3 Å². The molecule has 20 rings (SSSR count). The molecule has 12 amide bonds. The van der Waals surface area contributed by atoms with E-state index in [2.05, 4.69) is 94.0 Å². The van der Waals surface area contributed by atoms with Crippen LogP contribution in [0, 0.1) is 0 Å². The second-order valence-corrected chi connectivity index (χ2v) is 33.7. The third kappa shape index (κ3) is 21.5. The van der Waals surface area contributed by atoms with E-state index < -0.39 is 96.9 Å². The quantitative estimate of drug-likeness (QED) is 0.0270. The first-order valence-electron chi connectivity index (χ1n) is 49.7. The summed E-state index contributed by atoms with van der Waals surface area (Å²) in [6.07, 6.45) is -11.7. The molecule has 688 valence electrons. The minimum Gasteiger partial charge on any atom is -0.381 e. The first-order valence-corrected chi connectivity index (χ1v) is 44.7. The molecule has 8 N–H and O–H groups in total. The lowest BCUT2D eigenvalue weighted by Crippen LogP contribution is -2.52. The van der Waals surface area contributed by atoms with Crippen LogP contribution in [0.4, 0.5) is 22.7 Å². The number of amides is 12. The van der Waals surface area contributed by atoms with Crippen molar-refractivity contribution < 1.29 is 90.2 Å². The molecule has 132 heavy (non-hydrogen) atoms. The van der Waals surface area contributed by atoms with Crippen molar-refractivity contribution in [3.8, 4) is 0 Å². The Balaban J connectivity index is 0.000000130. The van der Waals surface area contributed by atoms with Gasteiger partial charge >= 0.3 is 0 Å². The third-order valence-electron chi connectivity index (χ3n) is 25.4. The largest absolute Gasteiger partial charge is 0.381 e. The lowest BCUT2D eigenvalue weighted by molar-refractivity contribution is -0.138. The molecule has 0 saturated carbocycles. The molecule has 0 aromatic heterocycles. The van der Waals surface area contributed by atoms with Gasteiger partial charge in [0.25, 0.3) is 23.6 Å². The zero-order valence-corrected chi connectivity index (χ0v) is 73.1. The summed E-state index contributed by atoms with van der Waals surface area (Å²) in [5, 5.41) is 21.9. The number of imide groups is 4. The van der Waals surface area contributed by atoms with E-state index in [9.17, 15) is 57.5 Å². The highest BCUT2D eigenvalue weighted by atomic mass is 16.5. The van der Waals surface area contributed by atoms with Crippen LogP contribution in [0.3, 0.4) is 0 Å². The minimum absolute atomic E-state index is 0.00489. The second kappa shape index (κ2) is 42.5. The molecule has 8 aromatic rings. The van der Waals surface area contributed by atoms with E-state index in [1.807, 2.05) is 90.2 Å². The maximum Gasteiger partial charge on any atom is 0.255 e. The fourth-order valence-corrected chi connectivity index (χ4v) is 18.2. The molecule has 8 aromatic carbocycles. The monoisotopic (exact) mass is 1800 g/mol. The molecule has 8 fully saturated rings. The lowest BCUT2D eigenvalue weighted by atomic mass is 10.0. The number of anilines is 4. The van der Waals surface area contributed by atoms with Crippen molar-refractivity contribution in [2.45, 2.75) is 154 Å². The highest BCUT2D eigenvalue weighted by molar-refractivity contribution is 6.09. The Morgan fingerprint density at radius 3 is 0.917 bits per heavy atom. The number of piperidine rings is 4. The van der Waals surface area contributed by atoms with E-state index in [-0.39, 0.29) is 68.1 Å². The zero-order valence-electron chi connectivity index (χ0n) is 83.1. The van der Waals surface area contributed by atoms with Crippen LogP contribution in [0.25, 0.3) is 0 Å². The number of nitrogens with one attached hydrogen (secondary N) is 8. The fraction of sp³-hybridized carbons (Fsp3) is 0.400. The number of carbonyl (C=O) groups is 12. The maximum absolute atomic E-state index is 13.3. The molecule has 0 spiro atoms. The molecule has 32 heteroatoms. The van der Waals surface area contributed by atoms with Crippen LogP contribution < -0.4 is 42.5 Å². The maximum atomic E-state index is 13.3. The molecule has 12 aliphatic rings. The first-order chi connectivity index (χ1) is 68.1. The van der Waals surface area contributed by atoms with Crippen molar-refractivity contribution in [1.82, 2.24) is 60.5 Å². The molecule has 0 aliphatic carbocycles. The van der Waals surface area contributed by atoms with Gasteiger partial charge in [0.1, 0.15) is 24.1 Å². The van der Waals surface area contributed by atoms with Crippen molar-refractivity contribution >= 4 is 93.6 Å². The van der Waals surface area contributed by atoms with Crippen molar-refractivity contribution in [3.05, 3.63) is 259 Å². The third-order valence-corrected chi connectivity index (χ3v) is 25.4. The predicted molar refractivity (Wildman–Crippen MR) is 489 cm³/mol. The van der Waals surface area contributed by atoms with Crippen LogP contribution in [0.1, 0.15) is 173 Å². The van der Waals surface area contributed by atoms with E-state index >= 15 is 0 Å². The van der Waals surface area contributed by atoms with Gasteiger partial charge in [-0.3, -0.25) is 98.4 Å². The number of rotatable bonds is 24. The van der Waals surface area contributed by atoms with Gasteiger partial charge in [-0.25, -0.2) is 0 Å². The minimum atomic E-state index is -3.30. The Morgan fingerprint density at radius 2 is 0.568 bits per heavy atom. The summed E-state index contributed by atoms with van der Waals surface area (Å²) >= 11 is 0. The van der Waals surface area contributed by atoms with Gasteiger partial charge in [0, 0.05) is 235 Å². The molecule has 12 aliphatic heterocycles. The number of carbonyl (C=O) groups excluding carboxylic acids is 12. The molecule has 32 nitrogen and oxygen atoms in total. The summed E-state index contributed by atoms with van der Waals surface area (Å²) in [5.41, 5.74) is 16.7. The first kappa shape index (κ1) is 78.9. The average molecular weight is 1800 g/mol. The normalized spacial score (nSPS) is 24.9. The van der Waals surface area contributed by atoms with Gasteiger partial charge < -0.3 is 59.8 Å². The smallest absolute Gasteiger partial charge is 0.255 e. The Bertz CT molecular complexity index is 6240. The molecule has 0 radical (unpaired) electrons. The zero-order chi connectivity index (χ0) is 100. The molecular formula is C100H112N16O16. The summed E-state index contributed by atoms with van der Waals surface area (Å²) < 4.78 is 104. The Labute approximate surface area is 780 Å². The molecule has 0 bridgehead atoms. The van der Waals surface area contributed by atoms with Crippen molar-refractivity contribution in [2.75, 3.05) is 126 Å². The summed E-state index contributed by atoms with van der Waals surface area (Å²) in [6, 6.07) is 46.8.